The summed E-state index contributed by atoms with van der Waals surface area (Å²) in [6, 6.07) is 4.07. The summed E-state index contributed by atoms with van der Waals surface area (Å²) in [5.74, 6) is -0.353. The number of alkyl halides is 3. The van der Waals surface area contributed by atoms with E-state index in [1.807, 2.05) is 0 Å². The van der Waals surface area contributed by atoms with E-state index in [0.717, 1.165) is 49.9 Å². The second kappa shape index (κ2) is 6.99. The number of carbonyl (C=O) groups is 1. The minimum atomic E-state index is -4.41. The van der Waals surface area contributed by atoms with Crippen LogP contribution in [-0.4, -0.2) is 12.1 Å². The fourth-order valence-corrected chi connectivity index (χ4v) is 2.79. The molecule has 1 aromatic carbocycles. The summed E-state index contributed by atoms with van der Waals surface area (Å²) in [6.45, 7) is 3.70. The van der Waals surface area contributed by atoms with E-state index in [1.54, 1.807) is 6.08 Å². The van der Waals surface area contributed by atoms with Crippen molar-refractivity contribution in [3.63, 3.8) is 0 Å². The van der Waals surface area contributed by atoms with Gasteiger partial charge in [-0.2, -0.15) is 13.2 Å². The quantitative estimate of drug-likeness (QED) is 0.578. The Balaban J connectivity index is 2.02. The standard InChI is InChI=1S/C17H19F3O2/c1-2-15(12-6-4-3-5-7-12)22-16(21)13-8-10-14(11-9-13)17(18,19)20/h2,8-12,15H,1,3-7H2/t15-/m1/s1. The highest BCUT2D eigenvalue weighted by molar-refractivity contribution is 5.89. The summed E-state index contributed by atoms with van der Waals surface area (Å²) in [4.78, 5) is 12.1. The van der Waals surface area contributed by atoms with Gasteiger partial charge < -0.3 is 4.74 Å². The Morgan fingerprint density at radius 2 is 1.77 bits per heavy atom. The fourth-order valence-electron chi connectivity index (χ4n) is 2.79. The lowest BCUT2D eigenvalue weighted by atomic mass is 9.85. The van der Waals surface area contributed by atoms with Crippen molar-refractivity contribution in [1.29, 1.82) is 0 Å². The van der Waals surface area contributed by atoms with Crippen LogP contribution in [0, 0.1) is 5.92 Å². The Kier molecular flexibility index (Phi) is 5.27. The van der Waals surface area contributed by atoms with Crippen molar-refractivity contribution in [3.05, 3.63) is 48.0 Å². The van der Waals surface area contributed by atoms with Crippen LogP contribution in [0.5, 0.6) is 0 Å². The topological polar surface area (TPSA) is 26.3 Å². The van der Waals surface area contributed by atoms with Gasteiger partial charge in [-0.25, -0.2) is 4.79 Å². The first kappa shape index (κ1) is 16.6. The molecule has 1 aromatic rings. The van der Waals surface area contributed by atoms with E-state index >= 15 is 0 Å². The van der Waals surface area contributed by atoms with Gasteiger partial charge >= 0.3 is 12.1 Å². The Morgan fingerprint density at radius 3 is 2.27 bits per heavy atom. The number of rotatable bonds is 4. The molecule has 0 unspecified atom stereocenters. The van der Waals surface area contributed by atoms with Crippen LogP contribution in [-0.2, 0) is 10.9 Å². The molecule has 0 aliphatic heterocycles. The summed E-state index contributed by atoms with van der Waals surface area (Å²) in [6.07, 6.45) is 2.18. The highest BCUT2D eigenvalue weighted by Crippen LogP contribution is 2.30. The number of hydrogen-bond donors (Lipinski definition) is 0. The SMILES string of the molecule is C=C[C@@H](OC(=O)c1ccc(C(F)(F)F)cc1)C1CCCCC1. The smallest absolute Gasteiger partial charge is 0.416 e. The molecule has 5 heteroatoms. The first-order valence-electron chi connectivity index (χ1n) is 7.42. The maximum Gasteiger partial charge on any atom is 0.416 e. The lowest BCUT2D eigenvalue weighted by molar-refractivity contribution is -0.137. The van der Waals surface area contributed by atoms with Crippen LogP contribution < -0.4 is 0 Å². The molecule has 120 valence electrons. The lowest BCUT2D eigenvalue weighted by Gasteiger charge is -2.27. The molecular formula is C17H19F3O2. The summed E-state index contributed by atoms with van der Waals surface area (Å²) in [5, 5.41) is 0. The van der Waals surface area contributed by atoms with E-state index in [9.17, 15) is 18.0 Å². The van der Waals surface area contributed by atoms with E-state index in [1.165, 1.54) is 6.42 Å². The van der Waals surface area contributed by atoms with Crippen LogP contribution in [0.4, 0.5) is 13.2 Å². The molecule has 0 radical (unpaired) electrons. The lowest BCUT2D eigenvalue weighted by Crippen LogP contribution is -2.26. The number of hydrogen-bond acceptors (Lipinski definition) is 2. The summed E-state index contributed by atoms with van der Waals surface area (Å²) < 4.78 is 42.9. The second-order valence-electron chi connectivity index (χ2n) is 5.58. The predicted molar refractivity (Wildman–Crippen MR) is 77.4 cm³/mol. The molecule has 0 heterocycles. The molecular weight excluding hydrogens is 293 g/mol. The van der Waals surface area contributed by atoms with Crippen molar-refractivity contribution < 1.29 is 22.7 Å². The predicted octanol–water partition coefficient (Wildman–Crippen LogP) is 5.00. The minimum Gasteiger partial charge on any atom is -0.454 e. The Hall–Kier alpha value is -1.78. The Labute approximate surface area is 128 Å². The molecule has 0 saturated heterocycles. The molecule has 0 spiro atoms. The van der Waals surface area contributed by atoms with Gasteiger partial charge in [0, 0.05) is 0 Å². The Bertz CT molecular complexity index is 514. The Morgan fingerprint density at radius 1 is 1.18 bits per heavy atom. The van der Waals surface area contributed by atoms with Gasteiger partial charge in [0.25, 0.3) is 0 Å². The van der Waals surface area contributed by atoms with Crippen LogP contribution in [0.15, 0.2) is 36.9 Å². The third-order valence-corrected chi connectivity index (χ3v) is 4.04. The van der Waals surface area contributed by atoms with Gasteiger partial charge in [-0.3, -0.25) is 0 Å². The number of benzene rings is 1. The first-order valence-corrected chi connectivity index (χ1v) is 7.42. The minimum absolute atomic E-state index is 0.121. The van der Waals surface area contributed by atoms with Crippen molar-refractivity contribution in [1.82, 2.24) is 0 Å². The van der Waals surface area contributed by atoms with Crippen molar-refractivity contribution >= 4 is 5.97 Å². The van der Waals surface area contributed by atoms with Gasteiger partial charge in [0.1, 0.15) is 6.10 Å². The maximum absolute atomic E-state index is 12.5. The number of halogens is 3. The zero-order chi connectivity index (χ0) is 16.2. The van der Waals surface area contributed by atoms with Gasteiger partial charge in [0.05, 0.1) is 11.1 Å². The van der Waals surface area contributed by atoms with Crippen molar-refractivity contribution in [2.45, 2.75) is 44.4 Å². The molecule has 1 aliphatic carbocycles. The molecule has 1 aliphatic rings. The number of esters is 1. The second-order valence-corrected chi connectivity index (χ2v) is 5.58. The van der Waals surface area contributed by atoms with Gasteiger partial charge in [0.15, 0.2) is 0 Å². The molecule has 2 nitrogen and oxygen atoms in total. The molecule has 1 fully saturated rings. The van der Waals surface area contributed by atoms with Crippen LogP contribution in [0.1, 0.15) is 48.0 Å². The normalized spacial score (nSPS) is 17.8. The van der Waals surface area contributed by atoms with E-state index in [0.29, 0.717) is 0 Å². The fraction of sp³-hybridized carbons (Fsp3) is 0.471. The molecule has 0 bridgehead atoms. The van der Waals surface area contributed by atoms with E-state index in [4.69, 9.17) is 4.74 Å². The summed E-state index contributed by atoms with van der Waals surface area (Å²) in [7, 11) is 0. The average Bonchev–Trinajstić information content (AvgIpc) is 2.52. The number of carbonyl (C=O) groups excluding carboxylic acids is 1. The van der Waals surface area contributed by atoms with Crippen LogP contribution in [0.2, 0.25) is 0 Å². The van der Waals surface area contributed by atoms with Gasteiger partial charge in [-0.15, -0.1) is 0 Å². The van der Waals surface area contributed by atoms with Gasteiger partial charge in [-0.05, 0) is 43.0 Å². The summed E-state index contributed by atoms with van der Waals surface area (Å²) in [5.41, 5.74) is -0.660. The average molecular weight is 312 g/mol. The highest BCUT2D eigenvalue weighted by Gasteiger charge is 2.30. The van der Waals surface area contributed by atoms with Crippen molar-refractivity contribution in [3.8, 4) is 0 Å². The largest absolute Gasteiger partial charge is 0.454 e. The van der Waals surface area contributed by atoms with E-state index < -0.39 is 17.7 Å². The van der Waals surface area contributed by atoms with E-state index in [2.05, 4.69) is 6.58 Å². The van der Waals surface area contributed by atoms with Crippen LogP contribution in [0.3, 0.4) is 0 Å². The third-order valence-electron chi connectivity index (χ3n) is 4.04. The van der Waals surface area contributed by atoms with Crippen molar-refractivity contribution in [2.75, 3.05) is 0 Å². The van der Waals surface area contributed by atoms with E-state index in [-0.39, 0.29) is 17.6 Å². The molecule has 2 rings (SSSR count). The first-order chi connectivity index (χ1) is 10.4. The molecule has 1 saturated carbocycles. The van der Waals surface area contributed by atoms with Crippen LogP contribution >= 0.6 is 0 Å². The number of ether oxygens (including phenoxy) is 1. The summed E-state index contributed by atoms with van der Waals surface area (Å²) >= 11 is 0. The zero-order valence-corrected chi connectivity index (χ0v) is 12.2. The van der Waals surface area contributed by atoms with Crippen LogP contribution in [0.25, 0.3) is 0 Å². The van der Waals surface area contributed by atoms with Gasteiger partial charge in [-0.1, -0.05) is 31.9 Å². The monoisotopic (exact) mass is 312 g/mol. The highest BCUT2D eigenvalue weighted by atomic mass is 19.4. The third kappa shape index (κ3) is 4.12. The molecule has 1 atom stereocenters. The molecule has 0 aromatic heterocycles. The van der Waals surface area contributed by atoms with Crippen molar-refractivity contribution in [2.24, 2.45) is 5.92 Å². The van der Waals surface area contributed by atoms with Gasteiger partial charge in [0.2, 0.25) is 0 Å². The molecule has 22 heavy (non-hydrogen) atoms. The maximum atomic E-state index is 12.5. The zero-order valence-electron chi connectivity index (χ0n) is 12.2. The molecule has 0 amide bonds. The molecule has 0 N–H and O–H groups in total.